The summed E-state index contributed by atoms with van der Waals surface area (Å²) in [6.45, 7) is 8.51. The third-order valence-electron chi connectivity index (χ3n) is 4.02. The van der Waals surface area contributed by atoms with E-state index in [0.29, 0.717) is 13.1 Å². The number of rotatable bonds is 2. The fourth-order valence-corrected chi connectivity index (χ4v) is 2.74. The summed E-state index contributed by atoms with van der Waals surface area (Å²) in [5.74, 6) is 0. The molecule has 1 aliphatic heterocycles. The van der Waals surface area contributed by atoms with Gasteiger partial charge in [-0.15, -0.1) is 0 Å². The summed E-state index contributed by atoms with van der Waals surface area (Å²) in [5, 5.41) is 0. The van der Waals surface area contributed by atoms with Crippen molar-refractivity contribution in [2.45, 2.75) is 26.4 Å². The Kier molecular flexibility index (Phi) is 4.88. The van der Waals surface area contributed by atoms with Gasteiger partial charge in [0.1, 0.15) is 5.60 Å². The van der Waals surface area contributed by atoms with E-state index in [1.807, 2.05) is 45.2 Å². The second-order valence-corrected chi connectivity index (χ2v) is 7.09. The van der Waals surface area contributed by atoms with Gasteiger partial charge in [-0.2, -0.15) is 0 Å². The molecular formula is C19H24N4O2. The van der Waals surface area contributed by atoms with Gasteiger partial charge in [-0.25, -0.2) is 4.79 Å². The molecule has 1 amide bonds. The molecule has 2 aromatic heterocycles. The Bertz CT molecular complexity index is 702. The summed E-state index contributed by atoms with van der Waals surface area (Å²) in [5.41, 5.74) is 2.59. The van der Waals surface area contributed by atoms with Crippen LogP contribution < -0.4 is 4.90 Å². The molecule has 1 fully saturated rings. The fourth-order valence-electron chi connectivity index (χ4n) is 2.74. The van der Waals surface area contributed by atoms with Crippen molar-refractivity contribution in [3.8, 4) is 11.3 Å². The molecule has 6 nitrogen and oxygen atoms in total. The number of hydrogen-bond donors (Lipinski definition) is 0. The minimum absolute atomic E-state index is 0.238. The predicted molar refractivity (Wildman–Crippen MR) is 97.5 cm³/mol. The number of carbonyl (C=O) groups excluding carboxylic acids is 1. The van der Waals surface area contributed by atoms with Crippen molar-refractivity contribution in [2.24, 2.45) is 0 Å². The van der Waals surface area contributed by atoms with Crippen LogP contribution in [-0.4, -0.2) is 52.7 Å². The first-order valence-electron chi connectivity index (χ1n) is 8.52. The van der Waals surface area contributed by atoms with Gasteiger partial charge in [-0.1, -0.05) is 0 Å². The number of carbonyl (C=O) groups is 1. The van der Waals surface area contributed by atoms with Crippen LogP contribution >= 0.6 is 0 Å². The molecule has 0 radical (unpaired) electrons. The zero-order chi connectivity index (χ0) is 17.9. The minimum Gasteiger partial charge on any atom is -0.444 e. The lowest BCUT2D eigenvalue weighted by molar-refractivity contribution is 0.0240. The molecule has 1 aliphatic rings. The first-order valence-corrected chi connectivity index (χ1v) is 8.52. The number of hydrogen-bond acceptors (Lipinski definition) is 5. The number of piperazine rings is 1. The van der Waals surface area contributed by atoms with Crippen LogP contribution in [0.15, 0.2) is 42.9 Å². The lowest BCUT2D eigenvalue weighted by Gasteiger charge is -2.36. The van der Waals surface area contributed by atoms with E-state index >= 15 is 0 Å². The molecule has 0 atom stereocenters. The van der Waals surface area contributed by atoms with E-state index in [9.17, 15) is 4.79 Å². The first-order chi connectivity index (χ1) is 11.9. The maximum atomic E-state index is 12.1. The molecule has 6 heteroatoms. The minimum atomic E-state index is -0.457. The highest BCUT2D eigenvalue weighted by molar-refractivity contribution is 5.68. The lowest BCUT2D eigenvalue weighted by Crippen LogP contribution is -2.50. The first kappa shape index (κ1) is 17.2. The van der Waals surface area contributed by atoms with Crippen LogP contribution in [0.4, 0.5) is 10.5 Å². The van der Waals surface area contributed by atoms with Gasteiger partial charge in [0.15, 0.2) is 0 Å². The van der Waals surface area contributed by atoms with Gasteiger partial charge < -0.3 is 14.5 Å². The average molecular weight is 340 g/mol. The van der Waals surface area contributed by atoms with E-state index in [0.717, 1.165) is 30.0 Å². The molecule has 0 N–H and O–H groups in total. The van der Waals surface area contributed by atoms with E-state index in [1.165, 1.54) is 0 Å². The molecule has 0 unspecified atom stereocenters. The Labute approximate surface area is 148 Å². The molecule has 2 aromatic rings. The molecule has 3 heterocycles. The monoisotopic (exact) mass is 340 g/mol. The smallest absolute Gasteiger partial charge is 0.410 e. The van der Waals surface area contributed by atoms with Crippen LogP contribution in [0.25, 0.3) is 11.3 Å². The number of amides is 1. The summed E-state index contributed by atoms with van der Waals surface area (Å²) < 4.78 is 5.43. The van der Waals surface area contributed by atoms with Crippen molar-refractivity contribution in [1.29, 1.82) is 0 Å². The molecular weight excluding hydrogens is 316 g/mol. The Morgan fingerprint density at radius 1 is 1.04 bits per heavy atom. The summed E-state index contributed by atoms with van der Waals surface area (Å²) in [4.78, 5) is 24.7. The summed E-state index contributed by atoms with van der Waals surface area (Å²) in [6.07, 6.45) is 5.18. The predicted octanol–water partition coefficient (Wildman–Crippen LogP) is 3.20. The third kappa shape index (κ3) is 4.47. The molecule has 0 saturated carbocycles. The lowest BCUT2D eigenvalue weighted by atomic mass is 10.1. The van der Waals surface area contributed by atoms with Crippen molar-refractivity contribution < 1.29 is 9.53 Å². The van der Waals surface area contributed by atoms with Crippen molar-refractivity contribution in [2.75, 3.05) is 31.1 Å². The second-order valence-electron chi connectivity index (χ2n) is 7.09. The molecule has 132 valence electrons. The number of nitrogens with zero attached hydrogens (tertiary/aromatic N) is 4. The fraction of sp³-hybridized carbons (Fsp3) is 0.421. The average Bonchev–Trinajstić information content (AvgIpc) is 2.61. The largest absolute Gasteiger partial charge is 0.444 e. The van der Waals surface area contributed by atoms with Crippen LogP contribution in [-0.2, 0) is 4.74 Å². The number of ether oxygens (including phenoxy) is 1. The highest BCUT2D eigenvalue weighted by atomic mass is 16.6. The van der Waals surface area contributed by atoms with Crippen LogP contribution in [0.1, 0.15) is 20.8 Å². The van der Waals surface area contributed by atoms with E-state index in [-0.39, 0.29) is 6.09 Å². The van der Waals surface area contributed by atoms with Crippen molar-refractivity contribution in [1.82, 2.24) is 14.9 Å². The van der Waals surface area contributed by atoms with Crippen molar-refractivity contribution >= 4 is 11.8 Å². The van der Waals surface area contributed by atoms with Gasteiger partial charge >= 0.3 is 6.09 Å². The maximum Gasteiger partial charge on any atom is 0.410 e. The Balaban J connectivity index is 1.59. The van der Waals surface area contributed by atoms with Crippen LogP contribution in [0.3, 0.4) is 0 Å². The highest BCUT2D eigenvalue weighted by Gasteiger charge is 2.26. The zero-order valence-electron chi connectivity index (χ0n) is 15.0. The SMILES string of the molecule is CC(C)(C)OC(=O)N1CCN(c2ccc(-c3ccncc3)nc2)CC1. The summed E-state index contributed by atoms with van der Waals surface area (Å²) in [7, 11) is 0. The molecule has 3 rings (SSSR count). The Morgan fingerprint density at radius 3 is 2.28 bits per heavy atom. The van der Waals surface area contributed by atoms with E-state index < -0.39 is 5.60 Å². The van der Waals surface area contributed by atoms with Gasteiger partial charge in [0.2, 0.25) is 0 Å². The molecule has 0 spiro atoms. The zero-order valence-corrected chi connectivity index (χ0v) is 15.0. The number of pyridine rings is 2. The number of aromatic nitrogens is 2. The molecule has 0 aromatic carbocycles. The summed E-state index contributed by atoms with van der Waals surface area (Å²) in [6, 6.07) is 7.99. The summed E-state index contributed by atoms with van der Waals surface area (Å²) >= 11 is 0. The van der Waals surface area contributed by atoms with E-state index in [2.05, 4.69) is 20.9 Å². The van der Waals surface area contributed by atoms with Crippen molar-refractivity contribution in [3.63, 3.8) is 0 Å². The Hall–Kier alpha value is -2.63. The van der Waals surface area contributed by atoms with Gasteiger partial charge in [-0.3, -0.25) is 9.97 Å². The van der Waals surface area contributed by atoms with Crippen LogP contribution in [0.5, 0.6) is 0 Å². The van der Waals surface area contributed by atoms with Gasteiger partial charge in [0, 0.05) is 44.1 Å². The quantitative estimate of drug-likeness (QED) is 0.840. The normalized spacial score (nSPS) is 15.2. The van der Waals surface area contributed by atoms with Gasteiger partial charge in [-0.05, 0) is 45.0 Å². The molecule has 0 bridgehead atoms. The van der Waals surface area contributed by atoms with Crippen molar-refractivity contribution in [3.05, 3.63) is 42.9 Å². The maximum absolute atomic E-state index is 12.1. The topological polar surface area (TPSA) is 58.6 Å². The molecule has 0 aliphatic carbocycles. The molecule has 25 heavy (non-hydrogen) atoms. The van der Waals surface area contributed by atoms with Crippen LogP contribution in [0, 0.1) is 0 Å². The highest BCUT2D eigenvalue weighted by Crippen LogP contribution is 2.21. The van der Waals surface area contributed by atoms with E-state index in [1.54, 1.807) is 17.3 Å². The third-order valence-corrected chi connectivity index (χ3v) is 4.02. The van der Waals surface area contributed by atoms with E-state index in [4.69, 9.17) is 4.74 Å². The standard InChI is InChI=1S/C19H24N4O2/c1-19(2,3)25-18(24)23-12-10-22(11-13-23)16-4-5-17(21-14-16)15-6-8-20-9-7-15/h4-9,14H,10-13H2,1-3H3. The second kappa shape index (κ2) is 7.09. The Morgan fingerprint density at radius 2 is 1.72 bits per heavy atom. The van der Waals surface area contributed by atoms with Gasteiger partial charge in [0.05, 0.1) is 17.6 Å². The van der Waals surface area contributed by atoms with Gasteiger partial charge in [0.25, 0.3) is 0 Å². The molecule has 1 saturated heterocycles. The number of anilines is 1. The van der Waals surface area contributed by atoms with Crippen LogP contribution in [0.2, 0.25) is 0 Å².